The zero-order valence-corrected chi connectivity index (χ0v) is 8.90. The van der Waals surface area contributed by atoms with Crippen LogP contribution in [0.3, 0.4) is 0 Å². The number of aromatic nitrogens is 1. The monoisotopic (exact) mass is 208 g/mol. The maximum Gasteiger partial charge on any atom is 0.302 e. The maximum atomic E-state index is 11.2. The van der Waals surface area contributed by atoms with Crippen LogP contribution in [-0.2, 0) is 16.1 Å². The molecule has 1 rings (SSSR count). The number of pyridine rings is 1. The molecule has 0 bridgehead atoms. The van der Waals surface area contributed by atoms with Crippen LogP contribution in [0.4, 0.5) is 0 Å². The molecule has 0 spiro atoms. The van der Waals surface area contributed by atoms with Crippen molar-refractivity contribution in [3.8, 4) is 0 Å². The molecule has 0 fully saturated rings. The second-order valence-corrected chi connectivity index (χ2v) is 3.18. The molecule has 0 aliphatic rings. The van der Waals surface area contributed by atoms with Gasteiger partial charge in [-0.1, -0.05) is 0 Å². The van der Waals surface area contributed by atoms with E-state index in [1.165, 1.54) is 13.8 Å². The van der Waals surface area contributed by atoms with E-state index in [1.54, 1.807) is 22.9 Å². The number of carbonyl (C=O) groups excluding carboxylic acids is 2. The van der Waals surface area contributed by atoms with Gasteiger partial charge in [-0.05, 0) is 6.07 Å². The van der Waals surface area contributed by atoms with Crippen LogP contribution in [0.15, 0.2) is 24.4 Å². The van der Waals surface area contributed by atoms with Gasteiger partial charge in [0, 0.05) is 26.0 Å². The minimum atomic E-state index is -0.309. The SMILES string of the molecule is CC(=O)OCC[n+]1ccccc1C(C)=O. The van der Waals surface area contributed by atoms with E-state index in [0.29, 0.717) is 12.2 Å². The second kappa shape index (κ2) is 5.24. The van der Waals surface area contributed by atoms with Gasteiger partial charge >= 0.3 is 5.97 Å². The van der Waals surface area contributed by atoms with Gasteiger partial charge in [0.1, 0.15) is 0 Å². The number of rotatable bonds is 4. The summed E-state index contributed by atoms with van der Waals surface area (Å²) >= 11 is 0. The zero-order chi connectivity index (χ0) is 11.3. The number of hydrogen-bond acceptors (Lipinski definition) is 3. The summed E-state index contributed by atoms with van der Waals surface area (Å²) < 4.78 is 6.58. The highest BCUT2D eigenvalue weighted by Gasteiger charge is 2.13. The highest BCUT2D eigenvalue weighted by Crippen LogP contribution is 1.92. The van der Waals surface area contributed by atoms with E-state index in [1.807, 2.05) is 6.07 Å². The molecule has 0 aliphatic heterocycles. The van der Waals surface area contributed by atoms with E-state index in [0.717, 1.165) is 0 Å². The van der Waals surface area contributed by atoms with E-state index in [-0.39, 0.29) is 18.4 Å². The first-order valence-electron chi connectivity index (χ1n) is 4.74. The quantitative estimate of drug-likeness (QED) is 0.416. The Balaban J connectivity index is 2.67. The Labute approximate surface area is 88.5 Å². The lowest BCUT2D eigenvalue weighted by Gasteiger charge is -2.01. The molecule has 0 atom stereocenters. The Bertz CT molecular complexity index is 374. The minimum absolute atomic E-state index is 0.00146. The fraction of sp³-hybridized carbons (Fsp3) is 0.364. The third-order valence-corrected chi connectivity index (χ3v) is 1.94. The smallest absolute Gasteiger partial charge is 0.302 e. The molecule has 1 aromatic rings. The molecule has 80 valence electrons. The minimum Gasteiger partial charge on any atom is -0.459 e. The van der Waals surface area contributed by atoms with Crippen LogP contribution in [-0.4, -0.2) is 18.4 Å². The highest BCUT2D eigenvalue weighted by atomic mass is 16.5. The number of ketones is 1. The summed E-state index contributed by atoms with van der Waals surface area (Å²) in [6.07, 6.45) is 1.79. The van der Waals surface area contributed by atoms with E-state index in [2.05, 4.69) is 0 Å². The first kappa shape index (κ1) is 11.4. The highest BCUT2D eigenvalue weighted by molar-refractivity contribution is 5.90. The molecule has 0 aliphatic carbocycles. The third-order valence-electron chi connectivity index (χ3n) is 1.94. The summed E-state index contributed by atoms with van der Waals surface area (Å²) in [6, 6.07) is 5.38. The predicted molar refractivity (Wildman–Crippen MR) is 53.3 cm³/mol. The molecule has 15 heavy (non-hydrogen) atoms. The average molecular weight is 208 g/mol. The first-order chi connectivity index (χ1) is 7.11. The van der Waals surface area contributed by atoms with E-state index < -0.39 is 0 Å². The molecule has 4 heteroatoms. The number of ether oxygens (including phenoxy) is 1. The molecule has 0 unspecified atom stereocenters. The van der Waals surface area contributed by atoms with Crippen LogP contribution in [0.1, 0.15) is 24.3 Å². The van der Waals surface area contributed by atoms with Crippen molar-refractivity contribution in [3.05, 3.63) is 30.1 Å². The molecule has 0 amide bonds. The van der Waals surface area contributed by atoms with Gasteiger partial charge in [-0.15, -0.1) is 0 Å². The normalized spacial score (nSPS) is 9.73. The Hall–Kier alpha value is -1.71. The van der Waals surface area contributed by atoms with Gasteiger partial charge in [-0.25, -0.2) is 0 Å². The van der Waals surface area contributed by atoms with Crippen LogP contribution >= 0.6 is 0 Å². The van der Waals surface area contributed by atoms with E-state index >= 15 is 0 Å². The van der Waals surface area contributed by atoms with Crippen LogP contribution in [0.5, 0.6) is 0 Å². The van der Waals surface area contributed by atoms with Crippen molar-refractivity contribution < 1.29 is 18.9 Å². The van der Waals surface area contributed by atoms with Gasteiger partial charge < -0.3 is 4.74 Å². The van der Waals surface area contributed by atoms with Crippen molar-refractivity contribution in [3.63, 3.8) is 0 Å². The molecule has 0 saturated carbocycles. The lowest BCUT2D eigenvalue weighted by Crippen LogP contribution is -2.41. The van der Waals surface area contributed by atoms with Gasteiger partial charge in [0.2, 0.25) is 11.5 Å². The standard InChI is InChI=1S/C11H14NO3/c1-9(13)11-5-3-4-6-12(11)7-8-15-10(2)14/h3-6H,7-8H2,1-2H3/q+1. The van der Waals surface area contributed by atoms with Crippen LogP contribution in [0.25, 0.3) is 0 Å². The molecule has 0 saturated heterocycles. The Morgan fingerprint density at radius 2 is 2.07 bits per heavy atom. The van der Waals surface area contributed by atoms with Gasteiger partial charge in [0.25, 0.3) is 0 Å². The topological polar surface area (TPSA) is 47.2 Å². The maximum absolute atomic E-state index is 11.2. The Morgan fingerprint density at radius 1 is 1.33 bits per heavy atom. The average Bonchev–Trinajstić information content (AvgIpc) is 2.17. The van der Waals surface area contributed by atoms with E-state index in [9.17, 15) is 9.59 Å². The van der Waals surface area contributed by atoms with Crippen molar-refractivity contribution >= 4 is 11.8 Å². The molecule has 1 aromatic heterocycles. The van der Waals surface area contributed by atoms with Crippen molar-refractivity contribution in [2.75, 3.05) is 6.61 Å². The molecule has 0 N–H and O–H groups in total. The number of nitrogens with zero attached hydrogens (tertiary/aromatic N) is 1. The van der Waals surface area contributed by atoms with Crippen molar-refractivity contribution in [2.24, 2.45) is 0 Å². The summed E-state index contributed by atoms with van der Waals surface area (Å²) in [5.41, 5.74) is 0.615. The zero-order valence-electron chi connectivity index (χ0n) is 8.90. The Morgan fingerprint density at radius 3 is 2.67 bits per heavy atom. The number of hydrogen-bond donors (Lipinski definition) is 0. The first-order valence-corrected chi connectivity index (χ1v) is 4.74. The lowest BCUT2D eigenvalue weighted by molar-refractivity contribution is -0.699. The van der Waals surface area contributed by atoms with Gasteiger partial charge in [-0.2, -0.15) is 4.57 Å². The second-order valence-electron chi connectivity index (χ2n) is 3.18. The molecule has 1 heterocycles. The Kier molecular flexibility index (Phi) is 3.97. The van der Waals surface area contributed by atoms with Gasteiger partial charge in [0.15, 0.2) is 19.3 Å². The molecule has 0 aromatic carbocycles. The van der Waals surface area contributed by atoms with E-state index in [4.69, 9.17) is 4.74 Å². The summed E-state index contributed by atoms with van der Waals surface area (Å²) in [7, 11) is 0. The molecule has 0 radical (unpaired) electrons. The molecular weight excluding hydrogens is 194 g/mol. The van der Waals surface area contributed by atoms with Crippen LogP contribution < -0.4 is 4.57 Å². The number of esters is 1. The van der Waals surface area contributed by atoms with Crippen molar-refractivity contribution in [1.82, 2.24) is 0 Å². The summed E-state index contributed by atoms with van der Waals surface area (Å²) in [4.78, 5) is 21.8. The number of Topliss-reactive ketones (excluding diaryl/α,β-unsaturated/α-hetero) is 1. The third kappa shape index (κ3) is 3.50. The van der Waals surface area contributed by atoms with Crippen molar-refractivity contribution in [2.45, 2.75) is 20.4 Å². The number of carbonyl (C=O) groups is 2. The summed E-state index contributed by atoms with van der Waals surface area (Å²) in [5.74, 6) is -0.311. The molecular formula is C11H14NO3+. The fourth-order valence-electron chi connectivity index (χ4n) is 1.28. The van der Waals surface area contributed by atoms with Crippen molar-refractivity contribution in [1.29, 1.82) is 0 Å². The van der Waals surface area contributed by atoms with Crippen LogP contribution in [0.2, 0.25) is 0 Å². The largest absolute Gasteiger partial charge is 0.459 e. The fourth-order valence-corrected chi connectivity index (χ4v) is 1.28. The summed E-state index contributed by atoms with van der Waals surface area (Å²) in [6.45, 7) is 3.65. The molecule has 4 nitrogen and oxygen atoms in total. The van der Waals surface area contributed by atoms with Gasteiger partial charge in [0.05, 0.1) is 0 Å². The predicted octanol–water partition coefficient (Wildman–Crippen LogP) is 0.740. The summed E-state index contributed by atoms with van der Waals surface area (Å²) in [5, 5.41) is 0. The lowest BCUT2D eigenvalue weighted by atomic mass is 10.2. The van der Waals surface area contributed by atoms with Gasteiger partial charge in [-0.3, -0.25) is 9.59 Å². The van der Waals surface area contributed by atoms with Crippen LogP contribution in [0, 0.1) is 0 Å².